The van der Waals surface area contributed by atoms with E-state index in [1.165, 1.54) is 5.56 Å². The molecule has 0 aliphatic carbocycles. The van der Waals surface area contributed by atoms with Crippen LogP contribution in [0.3, 0.4) is 0 Å². The summed E-state index contributed by atoms with van der Waals surface area (Å²) >= 11 is 0. The number of hydrogen-bond acceptors (Lipinski definition) is 5. The Morgan fingerprint density at radius 1 is 1.00 bits per heavy atom. The molecule has 0 bridgehead atoms. The Morgan fingerprint density at radius 2 is 1.81 bits per heavy atom. The molecule has 5 aromatic rings. The number of methoxy groups -OCH3 is 1. The highest BCUT2D eigenvalue weighted by Crippen LogP contribution is 2.26. The molecule has 0 saturated carbocycles. The van der Waals surface area contributed by atoms with Gasteiger partial charge in [0.05, 0.1) is 25.6 Å². The molecule has 1 unspecified atom stereocenters. The Bertz CT molecular complexity index is 1600. The maximum Gasteiger partial charge on any atom is 0.224 e. The van der Waals surface area contributed by atoms with Gasteiger partial charge in [-0.1, -0.05) is 60.7 Å². The van der Waals surface area contributed by atoms with Crippen LogP contribution in [0.1, 0.15) is 47.2 Å². The number of H-pyrrole nitrogens is 1. The Morgan fingerprint density at radius 3 is 2.60 bits per heavy atom. The predicted molar refractivity (Wildman–Crippen MR) is 164 cm³/mol. The fraction of sp³-hybridized carbons (Fsp3) is 0.324. The summed E-state index contributed by atoms with van der Waals surface area (Å²) in [5, 5.41) is 17.4. The van der Waals surface area contributed by atoms with E-state index in [1.54, 1.807) is 7.11 Å². The number of benzene rings is 3. The smallest absolute Gasteiger partial charge is 0.224 e. The summed E-state index contributed by atoms with van der Waals surface area (Å²) < 4.78 is 7.58. The van der Waals surface area contributed by atoms with Crippen molar-refractivity contribution in [1.29, 1.82) is 0 Å². The number of rotatable bonds is 11. The molecule has 0 spiro atoms. The van der Waals surface area contributed by atoms with Crippen LogP contribution in [0.15, 0.2) is 85.1 Å². The number of ether oxygens (including phenoxy) is 1. The summed E-state index contributed by atoms with van der Waals surface area (Å²) in [7, 11) is 1.68. The number of carbonyl (C=O) groups excluding carboxylic acids is 1. The topological polar surface area (TPSA) is 96.9 Å². The van der Waals surface area contributed by atoms with Crippen LogP contribution in [0.4, 0.5) is 0 Å². The standard InChI is InChI=1S/C34H38N6O2/c1-42-28-16-13-25(14-17-28)23-40-32(18-15-24-8-3-2-4-9-24)38-39-33(40)31(37-34(41)26-10-7-19-35-21-26)20-27-22-36-30-12-6-5-11-29(27)30/h2-6,8-9,11-14,16-17,22,26,31,35-36H,7,10,15,18-21,23H2,1H3,(H,37,41)/t26?,31-/m1/s1. The highest BCUT2D eigenvalue weighted by Gasteiger charge is 2.28. The van der Waals surface area contributed by atoms with Crippen molar-refractivity contribution in [1.82, 2.24) is 30.4 Å². The summed E-state index contributed by atoms with van der Waals surface area (Å²) in [6.07, 6.45) is 6.14. The van der Waals surface area contributed by atoms with Crippen molar-refractivity contribution in [3.63, 3.8) is 0 Å². The molecule has 0 radical (unpaired) electrons. The number of carbonyl (C=O) groups is 1. The van der Waals surface area contributed by atoms with Gasteiger partial charge in [0.15, 0.2) is 5.82 Å². The SMILES string of the molecule is COc1ccc(Cn2c(CCc3ccccc3)nnc2[C@@H](Cc2c[nH]c3ccccc23)NC(=O)C2CCCNC2)cc1. The van der Waals surface area contributed by atoms with Gasteiger partial charge in [-0.05, 0) is 60.7 Å². The van der Waals surface area contributed by atoms with Crippen LogP contribution in [0, 0.1) is 5.92 Å². The summed E-state index contributed by atoms with van der Waals surface area (Å²) in [4.78, 5) is 17.0. The lowest BCUT2D eigenvalue weighted by molar-refractivity contribution is -0.126. The van der Waals surface area contributed by atoms with Gasteiger partial charge >= 0.3 is 0 Å². The summed E-state index contributed by atoms with van der Waals surface area (Å²) in [6, 6.07) is 26.5. The fourth-order valence-corrected chi connectivity index (χ4v) is 5.87. The lowest BCUT2D eigenvalue weighted by atomic mass is 9.97. The number of nitrogens with zero attached hydrogens (tertiary/aromatic N) is 3. The van der Waals surface area contributed by atoms with Gasteiger partial charge in [0, 0.05) is 36.5 Å². The third-order valence-corrected chi connectivity index (χ3v) is 8.23. The van der Waals surface area contributed by atoms with Crippen LogP contribution in [0.5, 0.6) is 5.75 Å². The molecule has 2 atom stereocenters. The lowest BCUT2D eigenvalue weighted by Crippen LogP contribution is -2.42. The maximum atomic E-state index is 13.6. The zero-order valence-electron chi connectivity index (χ0n) is 24.1. The molecule has 216 valence electrons. The van der Waals surface area contributed by atoms with Gasteiger partial charge < -0.3 is 24.9 Å². The molecule has 3 N–H and O–H groups in total. The summed E-state index contributed by atoms with van der Waals surface area (Å²) in [5.74, 6) is 2.51. The maximum absolute atomic E-state index is 13.6. The first-order valence-corrected chi connectivity index (χ1v) is 14.8. The molecule has 1 fully saturated rings. The van der Waals surface area contributed by atoms with Gasteiger partial charge in [0.2, 0.25) is 5.91 Å². The molecular weight excluding hydrogens is 524 g/mol. The summed E-state index contributed by atoms with van der Waals surface area (Å²) in [5.41, 5.74) is 4.60. The number of aromatic amines is 1. The Labute approximate surface area is 246 Å². The van der Waals surface area contributed by atoms with Crippen molar-refractivity contribution in [3.05, 3.63) is 113 Å². The van der Waals surface area contributed by atoms with E-state index in [1.807, 2.05) is 30.5 Å². The molecule has 3 heterocycles. The first-order valence-electron chi connectivity index (χ1n) is 14.8. The number of amides is 1. The van der Waals surface area contributed by atoms with Crippen LogP contribution >= 0.6 is 0 Å². The van der Waals surface area contributed by atoms with Crippen LogP contribution in [-0.4, -0.2) is 45.9 Å². The highest BCUT2D eigenvalue weighted by atomic mass is 16.5. The van der Waals surface area contributed by atoms with Crippen molar-refractivity contribution in [2.45, 2.75) is 44.7 Å². The Balaban J connectivity index is 1.36. The molecular formula is C34H38N6O2. The molecule has 8 heteroatoms. The normalized spacial score (nSPS) is 15.9. The second-order valence-electron chi connectivity index (χ2n) is 11.1. The average Bonchev–Trinajstić information content (AvgIpc) is 3.64. The minimum atomic E-state index is -0.338. The van der Waals surface area contributed by atoms with E-state index in [-0.39, 0.29) is 17.9 Å². The Kier molecular flexibility index (Phi) is 8.61. The van der Waals surface area contributed by atoms with Gasteiger partial charge in [-0.25, -0.2) is 0 Å². The molecule has 2 aromatic heterocycles. The molecule has 6 rings (SSSR count). The van der Waals surface area contributed by atoms with Gasteiger partial charge in [-0.3, -0.25) is 4.79 Å². The molecule has 1 aliphatic rings. The number of aromatic nitrogens is 4. The lowest BCUT2D eigenvalue weighted by Gasteiger charge is -2.26. The van der Waals surface area contributed by atoms with Crippen LogP contribution in [-0.2, 0) is 30.6 Å². The number of hydrogen-bond donors (Lipinski definition) is 3. The number of piperidine rings is 1. The quantitative estimate of drug-likeness (QED) is 0.211. The first kappa shape index (κ1) is 27.7. The van der Waals surface area contributed by atoms with E-state index in [9.17, 15) is 4.79 Å². The van der Waals surface area contributed by atoms with E-state index in [0.29, 0.717) is 19.5 Å². The highest BCUT2D eigenvalue weighted by molar-refractivity contribution is 5.83. The molecule has 1 amide bonds. The predicted octanol–water partition coefficient (Wildman–Crippen LogP) is 5.00. The summed E-state index contributed by atoms with van der Waals surface area (Å²) in [6.45, 7) is 2.26. The Hall–Kier alpha value is -4.43. The van der Waals surface area contributed by atoms with E-state index >= 15 is 0 Å². The molecule has 42 heavy (non-hydrogen) atoms. The number of fused-ring (bicyclic) bond motifs is 1. The zero-order chi connectivity index (χ0) is 28.7. The van der Waals surface area contributed by atoms with E-state index in [2.05, 4.69) is 74.8 Å². The van der Waals surface area contributed by atoms with E-state index < -0.39 is 0 Å². The second-order valence-corrected chi connectivity index (χ2v) is 11.1. The first-order chi connectivity index (χ1) is 20.7. The van der Waals surface area contributed by atoms with Crippen molar-refractivity contribution in [2.75, 3.05) is 20.2 Å². The van der Waals surface area contributed by atoms with Crippen molar-refractivity contribution in [3.8, 4) is 5.75 Å². The van der Waals surface area contributed by atoms with Crippen molar-refractivity contribution >= 4 is 16.8 Å². The second kappa shape index (κ2) is 13.0. The van der Waals surface area contributed by atoms with Crippen LogP contribution in [0.25, 0.3) is 10.9 Å². The van der Waals surface area contributed by atoms with Gasteiger partial charge in [0.1, 0.15) is 11.6 Å². The van der Waals surface area contributed by atoms with Gasteiger partial charge in [-0.15, -0.1) is 10.2 Å². The molecule has 8 nitrogen and oxygen atoms in total. The largest absolute Gasteiger partial charge is 0.497 e. The van der Waals surface area contributed by atoms with Gasteiger partial charge in [0.25, 0.3) is 0 Å². The average molecular weight is 563 g/mol. The van der Waals surface area contributed by atoms with Crippen molar-refractivity contribution in [2.24, 2.45) is 5.92 Å². The van der Waals surface area contributed by atoms with E-state index in [0.717, 1.165) is 71.7 Å². The van der Waals surface area contributed by atoms with Crippen LogP contribution in [0.2, 0.25) is 0 Å². The monoisotopic (exact) mass is 562 g/mol. The molecule has 1 saturated heterocycles. The van der Waals surface area contributed by atoms with Crippen molar-refractivity contribution < 1.29 is 9.53 Å². The third-order valence-electron chi connectivity index (χ3n) is 8.23. The number of aryl methyl sites for hydroxylation is 2. The molecule has 3 aromatic carbocycles. The molecule has 1 aliphatic heterocycles. The van der Waals surface area contributed by atoms with E-state index in [4.69, 9.17) is 14.9 Å². The zero-order valence-corrected chi connectivity index (χ0v) is 24.1. The van der Waals surface area contributed by atoms with Gasteiger partial charge in [-0.2, -0.15) is 0 Å². The fourth-order valence-electron chi connectivity index (χ4n) is 5.87. The van der Waals surface area contributed by atoms with Crippen LogP contribution < -0.4 is 15.4 Å². The minimum absolute atomic E-state index is 0.0558. The number of nitrogens with one attached hydrogen (secondary N) is 3. The third kappa shape index (κ3) is 6.39. The minimum Gasteiger partial charge on any atom is -0.497 e. The number of para-hydroxylation sites is 1.